The first-order chi connectivity index (χ1) is 49.9. The van der Waals surface area contributed by atoms with Crippen LogP contribution in [0.4, 0.5) is 0 Å². The Labute approximate surface area is 632 Å². The highest BCUT2D eigenvalue weighted by molar-refractivity contribution is 7.47. The van der Waals surface area contributed by atoms with Crippen molar-refractivity contribution in [1.82, 2.24) is 0 Å². The maximum absolute atomic E-state index is 13.1. The Balaban J connectivity index is 5.16. The van der Waals surface area contributed by atoms with Gasteiger partial charge in [0.05, 0.1) is 26.4 Å². The van der Waals surface area contributed by atoms with Gasteiger partial charge in [0.15, 0.2) is 12.2 Å². The van der Waals surface area contributed by atoms with Gasteiger partial charge in [0.2, 0.25) is 0 Å². The molecule has 0 aliphatic rings. The largest absolute Gasteiger partial charge is 0.472 e. The molecule has 103 heavy (non-hydrogen) atoms. The summed E-state index contributed by atoms with van der Waals surface area (Å²) in [6, 6.07) is 0. The minimum absolute atomic E-state index is 0.106. The van der Waals surface area contributed by atoms with Crippen LogP contribution in [-0.4, -0.2) is 96.7 Å². The van der Waals surface area contributed by atoms with E-state index in [1.165, 1.54) is 250 Å². The third kappa shape index (κ3) is 76.6. The molecule has 0 saturated heterocycles. The SMILES string of the molecule is CCCCCCCCCCCCCCCCCCCCCCC(=O)OC[C@H](COP(=O)(O)OC[C@@H](O)COP(=O)(O)OC[C@@H](COC(=O)CCCCCCCCC)OC(=O)CCCCCCCCCCCCCC(C)C)OC(=O)CCCCCCCCCCCCCCCCCCCCC(C)CC. The van der Waals surface area contributed by atoms with Crippen molar-refractivity contribution < 1.29 is 80.2 Å². The van der Waals surface area contributed by atoms with Crippen LogP contribution in [0.15, 0.2) is 0 Å². The van der Waals surface area contributed by atoms with Gasteiger partial charge in [0, 0.05) is 25.7 Å². The fraction of sp³-hybridized carbons (Fsp3) is 0.952. The predicted molar refractivity (Wildman–Crippen MR) is 423 cm³/mol. The van der Waals surface area contributed by atoms with Gasteiger partial charge >= 0.3 is 39.5 Å². The Hall–Kier alpha value is -1.94. The zero-order valence-corrected chi connectivity index (χ0v) is 69.4. The minimum Gasteiger partial charge on any atom is -0.462 e. The molecule has 17 nitrogen and oxygen atoms in total. The van der Waals surface area contributed by atoms with E-state index in [0.29, 0.717) is 25.7 Å². The quantitative estimate of drug-likeness (QED) is 0.0222. The summed E-state index contributed by atoms with van der Waals surface area (Å²) < 4.78 is 68.7. The average molecular weight is 1510 g/mol. The molecule has 19 heteroatoms. The lowest BCUT2D eigenvalue weighted by Crippen LogP contribution is -2.30. The Morgan fingerprint density at radius 2 is 0.495 bits per heavy atom. The smallest absolute Gasteiger partial charge is 0.462 e. The van der Waals surface area contributed by atoms with E-state index in [4.69, 9.17) is 37.0 Å². The molecule has 0 saturated carbocycles. The lowest BCUT2D eigenvalue weighted by molar-refractivity contribution is -0.161. The number of rotatable bonds is 83. The zero-order valence-electron chi connectivity index (χ0n) is 67.6. The van der Waals surface area contributed by atoms with Crippen LogP contribution in [0.5, 0.6) is 0 Å². The molecule has 0 rings (SSSR count). The molecular formula is C84H164O17P2. The Morgan fingerprint density at radius 3 is 0.738 bits per heavy atom. The second-order valence-corrected chi connectivity index (χ2v) is 33.8. The molecule has 0 amide bonds. The number of aliphatic hydroxyl groups is 1. The third-order valence-electron chi connectivity index (χ3n) is 20.1. The molecule has 0 aromatic rings. The molecule has 0 spiro atoms. The van der Waals surface area contributed by atoms with Crippen molar-refractivity contribution in [1.29, 1.82) is 0 Å². The maximum Gasteiger partial charge on any atom is 0.472 e. The van der Waals surface area contributed by atoms with Crippen LogP contribution in [0.25, 0.3) is 0 Å². The van der Waals surface area contributed by atoms with Gasteiger partial charge in [-0.15, -0.1) is 0 Å². The van der Waals surface area contributed by atoms with E-state index < -0.39 is 97.5 Å². The van der Waals surface area contributed by atoms with E-state index in [-0.39, 0.29) is 25.7 Å². The molecule has 0 heterocycles. The molecule has 3 unspecified atom stereocenters. The molecule has 3 N–H and O–H groups in total. The van der Waals surface area contributed by atoms with Crippen LogP contribution in [0, 0.1) is 11.8 Å². The van der Waals surface area contributed by atoms with Gasteiger partial charge < -0.3 is 33.8 Å². The van der Waals surface area contributed by atoms with Crippen molar-refractivity contribution >= 4 is 39.5 Å². The van der Waals surface area contributed by atoms with Gasteiger partial charge in [-0.05, 0) is 37.5 Å². The highest BCUT2D eigenvalue weighted by atomic mass is 31.2. The number of carbonyl (C=O) groups is 4. The summed E-state index contributed by atoms with van der Waals surface area (Å²) in [5.41, 5.74) is 0. The van der Waals surface area contributed by atoms with Crippen LogP contribution in [0.1, 0.15) is 446 Å². The van der Waals surface area contributed by atoms with Crippen LogP contribution in [0.2, 0.25) is 0 Å². The van der Waals surface area contributed by atoms with Crippen LogP contribution < -0.4 is 0 Å². The molecule has 0 aliphatic heterocycles. The zero-order chi connectivity index (χ0) is 75.6. The molecular weight excluding hydrogens is 1340 g/mol. The van der Waals surface area contributed by atoms with Crippen molar-refractivity contribution in [2.75, 3.05) is 39.6 Å². The highest BCUT2D eigenvalue weighted by Crippen LogP contribution is 2.45. The number of phosphoric acid groups is 2. The van der Waals surface area contributed by atoms with Crippen LogP contribution in [-0.2, 0) is 65.4 Å². The number of hydrogen-bond acceptors (Lipinski definition) is 15. The Bertz CT molecular complexity index is 1980. The summed E-state index contributed by atoms with van der Waals surface area (Å²) in [6.07, 6.45) is 66.9. The van der Waals surface area contributed by atoms with Gasteiger partial charge in [0.25, 0.3) is 0 Å². The first-order valence-corrected chi connectivity index (χ1v) is 46.5. The van der Waals surface area contributed by atoms with E-state index in [9.17, 15) is 43.2 Å². The standard InChI is InChI=1S/C84H164O17P2/c1-7-10-12-14-16-17-18-19-20-21-22-23-27-30-33-38-43-49-55-61-67-82(87)95-73-80(101-83(88)68-62-56-50-44-39-34-31-28-25-24-26-29-32-37-42-48-53-59-65-77(6)9-3)75-99-103(92,93)97-71-78(85)70-96-102(90,91)98-74-79(72-94-81(86)66-60-54-46-15-13-11-8-2)100-84(89)69-63-57-51-45-40-35-36-41-47-52-58-64-76(4)5/h76-80,85H,7-75H2,1-6H3,(H,90,91)(H,92,93)/t77?,78-,79+,80+/m0/s1. The second kappa shape index (κ2) is 75.5. The summed E-state index contributed by atoms with van der Waals surface area (Å²) >= 11 is 0. The number of carbonyl (C=O) groups excluding carboxylic acids is 4. The van der Waals surface area contributed by atoms with Crippen molar-refractivity contribution in [3.63, 3.8) is 0 Å². The lowest BCUT2D eigenvalue weighted by Gasteiger charge is -2.21. The summed E-state index contributed by atoms with van der Waals surface area (Å²) in [5.74, 6) is -0.474. The van der Waals surface area contributed by atoms with E-state index in [2.05, 4.69) is 41.5 Å². The highest BCUT2D eigenvalue weighted by Gasteiger charge is 2.30. The normalized spacial score (nSPS) is 14.1. The third-order valence-corrected chi connectivity index (χ3v) is 22.0. The number of phosphoric ester groups is 2. The summed E-state index contributed by atoms with van der Waals surface area (Å²) in [5, 5.41) is 10.6. The molecule has 0 radical (unpaired) electrons. The van der Waals surface area contributed by atoms with Gasteiger partial charge in [0.1, 0.15) is 19.3 Å². The van der Waals surface area contributed by atoms with Crippen molar-refractivity contribution in [2.24, 2.45) is 11.8 Å². The van der Waals surface area contributed by atoms with Gasteiger partial charge in [-0.1, -0.05) is 395 Å². The van der Waals surface area contributed by atoms with Crippen molar-refractivity contribution in [2.45, 2.75) is 464 Å². The molecule has 0 bridgehead atoms. The van der Waals surface area contributed by atoms with Gasteiger partial charge in [-0.2, -0.15) is 0 Å². The fourth-order valence-corrected chi connectivity index (χ4v) is 14.6. The number of hydrogen-bond donors (Lipinski definition) is 3. The molecule has 0 aliphatic carbocycles. The molecule has 0 fully saturated rings. The van der Waals surface area contributed by atoms with Crippen LogP contribution >= 0.6 is 15.6 Å². The lowest BCUT2D eigenvalue weighted by atomic mass is 9.99. The van der Waals surface area contributed by atoms with Crippen molar-refractivity contribution in [3.05, 3.63) is 0 Å². The van der Waals surface area contributed by atoms with E-state index >= 15 is 0 Å². The number of aliphatic hydroxyl groups excluding tert-OH is 1. The van der Waals surface area contributed by atoms with Gasteiger partial charge in [-0.3, -0.25) is 37.3 Å². The molecule has 612 valence electrons. The first-order valence-electron chi connectivity index (χ1n) is 43.5. The predicted octanol–water partition coefficient (Wildman–Crippen LogP) is 25.5. The second-order valence-electron chi connectivity index (χ2n) is 30.9. The first kappa shape index (κ1) is 101. The topological polar surface area (TPSA) is 237 Å². The minimum atomic E-state index is -4.96. The van der Waals surface area contributed by atoms with E-state index in [1.807, 2.05) is 0 Å². The number of unbranched alkanes of at least 4 members (excludes halogenated alkanes) is 52. The Kier molecular flexibility index (Phi) is 74.1. The number of esters is 4. The summed E-state index contributed by atoms with van der Waals surface area (Å²) in [6.45, 7) is 9.67. The monoisotopic (exact) mass is 1510 g/mol. The molecule has 0 aromatic heterocycles. The van der Waals surface area contributed by atoms with Crippen molar-refractivity contribution in [3.8, 4) is 0 Å². The molecule has 6 atom stereocenters. The summed E-state index contributed by atoms with van der Waals surface area (Å²) in [7, 11) is -9.92. The van der Waals surface area contributed by atoms with Crippen LogP contribution in [0.3, 0.4) is 0 Å². The average Bonchev–Trinajstić information content (AvgIpc) is 0.914. The fourth-order valence-electron chi connectivity index (χ4n) is 13.0. The Morgan fingerprint density at radius 1 is 0.282 bits per heavy atom. The maximum atomic E-state index is 13.1. The van der Waals surface area contributed by atoms with E-state index in [1.54, 1.807) is 0 Å². The summed E-state index contributed by atoms with van der Waals surface area (Å²) in [4.78, 5) is 73.0. The molecule has 0 aromatic carbocycles. The van der Waals surface area contributed by atoms with E-state index in [0.717, 1.165) is 115 Å². The number of ether oxygens (including phenoxy) is 4. The van der Waals surface area contributed by atoms with Gasteiger partial charge in [-0.25, -0.2) is 9.13 Å².